The number of rotatable bonds is 5. The maximum Gasteiger partial charge on any atom is 0.354 e. The number of pyridine rings is 1. The molecule has 0 spiro atoms. The van der Waals surface area contributed by atoms with Gasteiger partial charge in [-0.15, -0.1) is 0 Å². The molecular formula is C14H19N3O3. The average Bonchev–Trinajstić information content (AvgIpc) is 2.92. The quantitative estimate of drug-likeness (QED) is 0.863. The van der Waals surface area contributed by atoms with E-state index in [2.05, 4.69) is 4.98 Å². The molecule has 1 saturated heterocycles. The lowest BCUT2D eigenvalue weighted by Crippen LogP contribution is -2.37. The zero-order valence-electron chi connectivity index (χ0n) is 11.6. The smallest absolute Gasteiger partial charge is 0.354 e. The number of likely N-dealkylation sites (tertiary alicyclic amines) is 1. The summed E-state index contributed by atoms with van der Waals surface area (Å²) in [5.41, 5.74) is 0.684. The molecule has 1 aromatic heterocycles. The maximum atomic E-state index is 12.0. The van der Waals surface area contributed by atoms with Gasteiger partial charge in [0.15, 0.2) is 0 Å². The first-order valence-corrected chi connectivity index (χ1v) is 6.72. The van der Waals surface area contributed by atoms with Crippen molar-refractivity contribution >= 4 is 11.9 Å². The van der Waals surface area contributed by atoms with E-state index in [1.165, 1.54) is 6.07 Å². The fourth-order valence-electron chi connectivity index (χ4n) is 2.32. The summed E-state index contributed by atoms with van der Waals surface area (Å²) in [5, 5.41) is 8.90. The van der Waals surface area contributed by atoms with Crippen molar-refractivity contribution in [1.82, 2.24) is 14.8 Å². The molecule has 0 aromatic carbocycles. The van der Waals surface area contributed by atoms with Crippen LogP contribution in [0.4, 0.5) is 0 Å². The number of aromatic carboxylic acids is 1. The molecule has 20 heavy (non-hydrogen) atoms. The predicted molar refractivity (Wildman–Crippen MR) is 73.3 cm³/mol. The maximum absolute atomic E-state index is 12.0. The largest absolute Gasteiger partial charge is 0.477 e. The molecule has 1 amide bonds. The number of carboxylic acids is 1. The highest BCUT2D eigenvalue weighted by atomic mass is 16.4. The minimum atomic E-state index is -1.04. The zero-order valence-corrected chi connectivity index (χ0v) is 11.6. The Bertz CT molecular complexity index is 498. The Balaban J connectivity index is 1.90. The highest BCUT2D eigenvalue weighted by Gasteiger charge is 2.19. The van der Waals surface area contributed by atoms with Gasteiger partial charge in [0.25, 0.3) is 0 Å². The number of likely N-dealkylation sites (N-methyl/N-ethyl adjacent to an activating group) is 1. The van der Waals surface area contributed by atoms with Crippen LogP contribution in [0.3, 0.4) is 0 Å². The molecule has 1 aromatic rings. The molecule has 0 aliphatic carbocycles. The van der Waals surface area contributed by atoms with Gasteiger partial charge in [-0.2, -0.15) is 0 Å². The van der Waals surface area contributed by atoms with E-state index in [1.54, 1.807) is 12.1 Å². The molecule has 2 rings (SSSR count). The van der Waals surface area contributed by atoms with Crippen LogP contribution in [0.5, 0.6) is 0 Å². The Morgan fingerprint density at radius 2 is 2.05 bits per heavy atom. The number of nitrogens with zero attached hydrogens (tertiary/aromatic N) is 3. The van der Waals surface area contributed by atoms with Crippen molar-refractivity contribution < 1.29 is 14.7 Å². The van der Waals surface area contributed by atoms with E-state index in [0.29, 0.717) is 18.8 Å². The SMILES string of the molecule is CN(CC(=O)N1CCCC1)Cc1cccc(C(=O)O)n1. The normalized spacial score (nSPS) is 14.8. The fraction of sp³-hybridized carbons (Fsp3) is 0.500. The molecule has 6 heteroatoms. The first-order chi connectivity index (χ1) is 9.56. The number of amides is 1. The van der Waals surface area contributed by atoms with E-state index in [9.17, 15) is 9.59 Å². The molecule has 0 bridgehead atoms. The van der Waals surface area contributed by atoms with Gasteiger partial charge >= 0.3 is 5.97 Å². The van der Waals surface area contributed by atoms with Crippen LogP contribution in [0.1, 0.15) is 29.0 Å². The molecule has 2 heterocycles. The molecule has 0 atom stereocenters. The van der Waals surface area contributed by atoms with Crippen molar-refractivity contribution in [2.75, 3.05) is 26.7 Å². The average molecular weight is 277 g/mol. The van der Waals surface area contributed by atoms with Gasteiger partial charge in [-0.05, 0) is 32.0 Å². The van der Waals surface area contributed by atoms with Gasteiger partial charge in [-0.3, -0.25) is 9.69 Å². The summed E-state index contributed by atoms with van der Waals surface area (Å²) in [4.78, 5) is 30.6. The second-order valence-electron chi connectivity index (χ2n) is 5.08. The van der Waals surface area contributed by atoms with Crippen LogP contribution in [0, 0.1) is 0 Å². The van der Waals surface area contributed by atoms with Gasteiger partial charge < -0.3 is 10.0 Å². The lowest BCUT2D eigenvalue weighted by Gasteiger charge is -2.20. The first-order valence-electron chi connectivity index (χ1n) is 6.72. The van der Waals surface area contributed by atoms with Crippen LogP contribution in [-0.2, 0) is 11.3 Å². The van der Waals surface area contributed by atoms with Gasteiger partial charge in [-0.25, -0.2) is 9.78 Å². The van der Waals surface area contributed by atoms with E-state index < -0.39 is 5.97 Å². The number of hydrogen-bond acceptors (Lipinski definition) is 4. The Kier molecular flexibility index (Phi) is 4.68. The molecule has 1 aliphatic rings. The van der Waals surface area contributed by atoms with E-state index in [-0.39, 0.29) is 11.6 Å². The zero-order chi connectivity index (χ0) is 14.5. The number of carbonyl (C=O) groups excluding carboxylic acids is 1. The molecule has 1 fully saturated rings. The van der Waals surface area contributed by atoms with Crippen molar-refractivity contribution in [1.29, 1.82) is 0 Å². The minimum absolute atomic E-state index is 0.0294. The second-order valence-corrected chi connectivity index (χ2v) is 5.08. The van der Waals surface area contributed by atoms with Crippen LogP contribution in [0.2, 0.25) is 0 Å². The highest BCUT2D eigenvalue weighted by Crippen LogP contribution is 2.09. The topological polar surface area (TPSA) is 73.7 Å². The van der Waals surface area contributed by atoms with Crippen LogP contribution in [0.15, 0.2) is 18.2 Å². The molecule has 6 nitrogen and oxygen atoms in total. The van der Waals surface area contributed by atoms with Gasteiger partial charge in [0.1, 0.15) is 5.69 Å². The second kappa shape index (κ2) is 6.47. The summed E-state index contributed by atoms with van der Waals surface area (Å²) in [6, 6.07) is 4.90. The summed E-state index contributed by atoms with van der Waals surface area (Å²) in [6.45, 7) is 2.48. The Morgan fingerprint density at radius 3 is 2.70 bits per heavy atom. The summed E-state index contributed by atoms with van der Waals surface area (Å²) < 4.78 is 0. The number of carbonyl (C=O) groups is 2. The molecule has 1 N–H and O–H groups in total. The summed E-state index contributed by atoms with van der Waals surface area (Å²) in [6.07, 6.45) is 2.16. The Morgan fingerprint density at radius 1 is 1.35 bits per heavy atom. The van der Waals surface area contributed by atoms with Crippen LogP contribution < -0.4 is 0 Å². The summed E-state index contributed by atoms with van der Waals surface area (Å²) >= 11 is 0. The van der Waals surface area contributed by atoms with Crippen molar-refractivity contribution in [3.63, 3.8) is 0 Å². The fourth-order valence-corrected chi connectivity index (χ4v) is 2.32. The van der Waals surface area contributed by atoms with Crippen LogP contribution >= 0.6 is 0 Å². The number of carboxylic acid groups (broad SMARTS) is 1. The molecular weight excluding hydrogens is 258 g/mol. The van der Waals surface area contributed by atoms with Gasteiger partial charge in [0.05, 0.1) is 12.2 Å². The molecule has 0 radical (unpaired) electrons. The Hall–Kier alpha value is -1.95. The van der Waals surface area contributed by atoms with Crippen LogP contribution in [-0.4, -0.2) is 58.4 Å². The van der Waals surface area contributed by atoms with Gasteiger partial charge in [0, 0.05) is 19.6 Å². The first kappa shape index (κ1) is 14.5. The lowest BCUT2D eigenvalue weighted by molar-refractivity contribution is -0.131. The van der Waals surface area contributed by atoms with Crippen molar-refractivity contribution in [3.05, 3.63) is 29.6 Å². The molecule has 0 unspecified atom stereocenters. The third kappa shape index (κ3) is 3.77. The van der Waals surface area contributed by atoms with Crippen molar-refractivity contribution in [2.24, 2.45) is 0 Å². The molecule has 0 saturated carbocycles. The third-order valence-corrected chi connectivity index (χ3v) is 3.32. The van der Waals surface area contributed by atoms with E-state index in [0.717, 1.165) is 25.9 Å². The van der Waals surface area contributed by atoms with Gasteiger partial charge in [0.2, 0.25) is 5.91 Å². The standard InChI is InChI=1S/C14H19N3O3/c1-16(10-13(18)17-7-2-3-8-17)9-11-5-4-6-12(15-11)14(19)20/h4-6H,2-3,7-10H2,1H3,(H,19,20). The molecule has 108 valence electrons. The van der Waals surface area contributed by atoms with Crippen molar-refractivity contribution in [2.45, 2.75) is 19.4 Å². The molecule has 1 aliphatic heterocycles. The summed E-state index contributed by atoms with van der Waals surface area (Å²) in [5.74, 6) is -0.915. The number of hydrogen-bond donors (Lipinski definition) is 1. The van der Waals surface area contributed by atoms with E-state index >= 15 is 0 Å². The monoisotopic (exact) mass is 277 g/mol. The van der Waals surface area contributed by atoms with E-state index in [1.807, 2.05) is 16.8 Å². The van der Waals surface area contributed by atoms with Crippen molar-refractivity contribution in [3.8, 4) is 0 Å². The minimum Gasteiger partial charge on any atom is -0.477 e. The lowest BCUT2D eigenvalue weighted by atomic mass is 10.3. The predicted octanol–water partition coefficient (Wildman–Crippen LogP) is 0.834. The summed E-state index contributed by atoms with van der Waals surface area (Å²) in [7, 11) is 1.84. The number of aromatic nitrogens is 1. The Labute approximate surface area is 118 Å². The third-order valence-electron chi connectivity index (χ3n) is 3.32. The van der Waals surface area contributed by atoms with Crippen LogP contribution in [0.25, 0.3) is 0 Å². The highest BCUT2D eigenvalue weighted by molar-refractivity contribution is 5.85. The van der Waals surface area contributed by atoms with E-state index in [4.69, 9.17) is 5.11 Å². The van der Waals surface area contributed by atoms with Gasteiger partial charge in [-0.1, -0.05) is 6.07 Å².